The molecule has 0 atom stereocenters. The van der Waals surface area contributed by atoms with E-state index >= 15 is 0 Å². The summed E-state index contributed by atoms with van der Waals surface area (Å²) in [6, 6.07) is 12.9. The Morgan fingerprint density at radius 2 is 1.69 bits per heavy atom. The van der Waals surface area contributed by atoms with Gasteiger partial charge in [-0.25, -0.2) is 9.48 Å². The molecule has 1 saturated carbocycles. The van der Waals surface area contributed by atoms with Crippen molar-refractivity contribution in [3.63, 3.8) is 0 Å². The topological polar surface area (TPSA) is 61.2 Å². The van der Waals surface area contributed by atoms with Gasteiger partial charge in [0.05, 0.1) is 12.2 Å². The second-order valence-electron chi connectivity index (χ2n) is 8.97. The molecule has 0 N–H and O–H groups in total. The van der Waals surface area contributed by atoms with Crippen LogP contribution in [0.15, 0.2) is 48.5 Å². The summed E-state index contributed by atoms with van der Waals surface area (Å²) < 4.78 is 6.72. The Kier molecular flexibility index (Phi) is 8.89. The minimum Gasteiger partial charge on any atom is -0.454 e. The molecule has 0 bridgehead atoms. The third kappa shape index (κ3) is 6.39. The lowest BCUT2D eigenvalue weighted by atomic mass is 9.84. The first-order valence-electron chi connectivity index (χ1n) is 12.0. The number of ketones is 1. The largest absolute Gasteiger partial charge is 0.454 e. The van der Waals surface area contributed by atoms with Gasteiger partial charge in [0, 0.05) is 32.8 Å². The fourth-order valence-electron chi connectivity index (χ4n) is 4.49. The van der Waals surface area contributed by atoms with E-state index in [-0.39, 0.29) is 18.9 Å². The van der Waals surface area contributed by atoms with E-state index in [1.54, 1.807) is 29.8 Å². The Balaban J connectivity index is 1.34. The number of halogens is 3. The first-order valence-corrected chi connectivity index (χ1v) is 13.1. The molecule has 1 aliphatic carbocycles. The number of carbonyl (C=O) groups excluding carboxylic acids is 2. The highest BCUT2D eigenvalue weighted by atomic mass is 35.5. The molecule has 1 fully saturated rings. The predicted octanol–water partition coefficient (Wildman–Crippen LogP) is 7.69. The number of aryl methyl sites for hydroxylation is 1. The van der Waals surface area contributed by atoms with E-state index in [4.69, 9.17) is 39.5 Å². The normalized spacial score (nSPS) is 14.3. The predicted molar refractivity (Wildman–Crippen MR) is 144 cm³/mol. The Morgan fingerprint density at radius 3 is 2.36 bits per heavy atom. The maximum absolute atomic E-state index is 12.5. The summed E-state index contributed by atoms with van der Waals surface area (Å²) in [5, 5.41) is 5.79. The number of benzene rings is 2. The Hall–Kier alpha value is -2.60. The maximum Gasteiger partial charge on any atom is 0.331 e. The van der Waals surface area contributed by atoms with Crippen LogP contribution in [-0.2, 0) is 16.1 Å². The van der Waals surface area contributed by atoms with Crippen LogP contribution in [0, 0.1) is 6.92 Å². The lowest BCUT2D eigenvalue weighted by molar-refractivity contribution is -0.136. The summed E-state index contributed by atoms with van der Waals surface area (Å²) in [7, 11) is 0. The highest BCUT2D eigenvalue weighted by molar-refractivity contribution is 6.36. The molecule has 0 radical (unpaired) electrons. The molecular weight excluding hydrogens is 519 g/mol. The van der Waals surface area contributed by atoms with Gasteiger partial charge in [0.15, 0.2) is 12.4 Å². The van der Waals surface area contributed by atoms with Crippen molar-refractivity contribution in [1.82, 2.24) is 9.78 Å². The van der Waals surface area contributed by atoms with E-state index in [0.717, 1.165) is 0 Å². The van der Waals surface area contributed by atoms with Gasteiger partial charge in [0.1, 0.15) is 5.15 Å². The Labute approximate surface area is 226 Å². The van der Waals surface area contributed by atoms with Crippen LogP contribution in [0.3, 0.4) is 0 Å². The van der Waals surface area contributed by atoms with Crippen molar-refractivity contribution in [2.75, 3.05) is 6.61 Å². The van der Waals surface area contributed by atoms with E-state index in [1.807, 2.05) is 24.3 Å². The maximum atomic E-state index is 12.5. The van der Waals surface area contributed by atoms with E-state index < -0.39 is 5.97 Å². The van der Waals surface area contributed by atoms with Gasteiger partial charge in [-0.3, -0.25) is 4.79 Å². The average molecular weight is 546 g/mol. The molecule has 8 heteroatoms. The smallest absolute Gasteiger partial charge is 0.331 e. The monoisotopic (exact) mass is 544 g/mol. The number of Topliss-reactive ketones (excluding diaryl/α,β-unsaturated/α-hetero) is 1. The molecule has 0 spiro atoms. The Bertz CT molecular complexity index is 1260. The van der Waals surface area contributed by atoms with E-state index in [1.165, 1.54) is 49.8 Å². The van der Waals surface area contributed by atoms with Gasteiger partial charge in [-0.2, -0.15) is 5.10 Å². The van der Waals surface area contributed by atoms with Crippen LogP contribution in [0.2, 0.25) is 15.2 Å². The summed E-state index contributed by atoms with van der Waals surface area (Å²) in [5.41, 5.74) is 3.70. The summed E-state index contributed by atoms with van der Waals surface area (Å²) in [4.78, 5) is 24.7. The van der Waals surface area contributed by atoms with Crippen molar-refractivity contribution < 1.29 is 14.3 Å². The molecule has 1 aromatic heterocycles. The Morgan fingerprint density at radius 1 is 1.03 bits per heavy atom. The van der Waals surface area contributed by atoms with Gasteiger partial charge >= 0.3 is 5.97 Å². The van der Waals surface area contributed by atoms with Crippen molar-refractivity contribution in [3.05, 3.63) is 91.7 Å². The number of carbonyl (C=O) groups is 2. The highest BCUT2D eigenvalue weighted by Crippen LogP contribution is 2.32. The van der Waals surface area contributed by atoms with Gasteiger partial charge in [-0.1, -0.05) is 84.4 Å². The molecule has 0 amide bonds. The van der Waals surface area contributed by atoms with Crippen LogP contribution in [-0.4, -0.2) is 28.1 Å². The fourth-order valence-corrected chi connectivity index (χ4v) is 5.31. The van der Waals surface area contributed by atoms with Crippen molar-refractivity contribution in [3.8, 4) is 0 Å². The van der Waals surface area contributed by atoms with Gasteiger partial charge in [0.25, 0.3) is 0 Å². The summed E-state index contributed by atoms with van der Waals surface area (Å²) in [6.07, 6.45) is 8.99. The number of hydrogen-bond acceptors (Lipinski definition) is 4. The number of rotatable bonds is 8. The molecule has 1 heterocycles. The lowest BCUT2D eigenvalue weighted by Gasteiger charge is -2.22. The number of hydrogen-bond donors (Lipinski definition) is 0. The molecular formula is C28H27Cl3N2O3. The molecule has 4 rings (SSSR count). The lowest BCUT2D eigenvalue weighted by Crippen LogP contribution is -2.13. The summed E-state index contributed by atoms with van der Waals surface area (Å²) >= 11 is 19.0. The summed E-state index contributed by atoms with van der Waals surface area (Å²) in [6.45, 7) is 1.73. The van der Waals surface area contributed by atoms with Crippen LogP contribution in [0.1, 0.15) is 70.8 Å². The molecule has 3 aromatic rings. The van der Waals surface area contributed by atoms with Gasteiger partial charge in [-0.15, -0.1) is 0 Å². The van der Waals surface area contributed by atoms with Crippen molar-refractivity contribution >= 4 is 52.6 Å². The zero-order chi connectivity index (χ0) is 25.7. The quantitative estimate of drug-likeness (QED) is 0.165. The standard InChI is InChI=1S/C28H27Cl3N2O3/c1-18-22(28(31)33(32-18)16-23-24(29)8-5-9-25(23)30)14-15-27(35)36-17-26(34)21-12-10-20(11-13-21)19-6-3-2-4-7-19/h5,8-15,19H,2-4,6-7,16-17H2,1H3. The first-order chi connectivity index (χ1) is 17.3. The van der Waals surface area contributed by atoms with Crippen LogP contribution >= 0.6 is 34.8 Å². The van der Waals surface area contributed by atoms with Gasteiger partial charge in [-0.05, 0) is 49.5 Å². The fraction of sp³-hybridized carbons (Fsp3) is 0.321. The molecule has 1 aliphatic rings. The van der Waals surface area contributed by atoms with Crippen LogP contribution in [0.25, 0.3) is 6.08 Å². The van der Waals surface area contributed by atoms with Crippen molar-refractivity contribution in [1.29, 1.82) is 0 Å². The third-order valence-corrected chi connectivity index (χ3v) is 7.63. The van der Waals surface area contributed by atoms with Crippen LogP contribution < -0.4 is 0 Å². The highest BCUT2D eigenvalue weighted by Gasteiger charge is 2.17. The molecule has 36 heavy (non-hydrogen) atoms. The number of esters is 1. The van der Waals surface area contributed by atoms with E-state index in [0.29, 0.717) is 43.5 Å². The molecule has 188 valence electrons. The zero-order valence-corrected chi connectivity index (χ0v) is 22.2. The van der Waals surface area contributed by atoms with E-state index in [2.05, 4.69) is 5.10 Å². The second-order valence-corrected chi connectivity index (χ2v) is 10.1. The minimum absolute atomic E-state index is 0.245. The van der Waals surface area contributed by atoms with Crippen molar-refractivity contribution in [2.24, 2.45) is 0 Å². The number of aromatic nitrogens is 2. The zero-order valence-electron chi connectivity index (χ0n) is 20.0. The summed E-state index contributed by atoms with van der Waals surface area (Å²) in [5.74, 6) is -0.308. The molecule has 0 saturated heterocycles. The third-order valence-electron chi connectivity index (χ3n) is 6.52. The molecule has 2 aromatic carbocycles. The number of nitrogens with zero attached hydrogens (tertiary/aromatic N) is 2. The van der Waals surface area contributed by atoms with E-state index in [9.17, 15) is 9.59 Å². The van der Waals surface area contributed by atoms with Gasteiger partial charge in [0.2, 0.25) is 0 Å². The SMILES string of the molecule is Cc1nn(Cc2c(Cl)cccc2Cl)c(Cl)c1C=CC(=O)OCC(=O)c1ccc(C2CCCCC2)cc1. The van der Waals surface area contributed by atoms with Crippen LogP contribution in [0.4, 0.5) is 0 Å². The van der Waals surface area contributed by atoms with Gasteiger partial charge < -0.3 is 4.74 Å². The molecule has 0 aliphatic heterocycles. The van der Waals surface area contributed by atoms with Crippen LogP contribution in [0.5, 0.6) is 0 Å². The second kappa shape index (κ2) is 12.1. The number of ether oxygens (including phenoxy) is 1. The van der Waals surface area contributed by atoms with Crippen molar-refractivity contribution in [2.45, 2.75) is 51.5 Å². The first kappa shape index (κ1) is 26.5. The average Bonchev–Trinajstić information content (AvgIpc) is 3.16. The molecule has 5 nitrogen and oxygen atoms in total. The molecule has 0 unspecified atom stereocenters. The minimum atomic E-state index is -0.639.